The molecule has 0 fully saturated rings. The molecule has 4 aromatic rings. The normalized spacial score (nSPS) is 13.1. The van der Waals surface area contributed by atoms with Gasteiger partial charge in [0.1, 0.15) is 10.4 Å². The second-order valence-electron chi connectivity index (χ2n) is 9.09. The number of hydrogen-bond donors (Lipinski definition) is 1. The highest BCUT2D eigenvalue weighted by molar-refractivity contribution is 9.10. The number of hydrogen-bond acceptors (Lipinski definition) is 3. The van der Waals surface area contributed by atoms with Crippen LogP contribution in [0.5, 0.6) is 5.75 Å². The van der Waals surface area contributed by atoms with Gasteiger partial charge in [-0.25, -0.2) is 0 Å². The minimum atomic E-state index is -0.0596. The van der Waals surface area contributed by atoms with E-state index in [4.69, 9.17) is 4.74 Å². The molecule has 0 bridgehead atoms. The smallest absolute Gasteiger partial charge is 0.266 e. The molecule has 0 saturated carbocycles. The van der Waals surface area contributed by atoms with Crippen molar-refractivity contribution in [1.82, 2.24) is 4.98 Å². The Morgan fingerprint density at radius 1 is 1.17 bits per heavy atom. The van der Waals surface area contributed by atoms with Gasteiger partial charge in [0.25, 0.3) is 5.56 Å². The topological polar surface area (TPSA) is 42.1 Å². The summed E-state index contributed by atoms with van der Waals surface area (Å²) in [6, 6.07) is 12.7. The van der Waals surface area contributed by atoms with Gasteiger partial charge in [0.15, 0.2) is 0 Å². The minimum Gasteiger partial charge on any atom is -0.496 e. The third kappa shape index (κ3) is 3.81. The lowest BCUT2D eigenvalue weighted by molar-refractivity contribution is 0.349. The van der Waals surface area contributed by atoms with E-state index in [0.717, 1.165) is 48.8 Å². The van der Waals surface area contributed by atoms with E-state index in [1.165, 1.54) is 16.9 Å². The maximum Gasteiger partial charge on any atom is 0.266 e. The van der Waals surface area contributed by atoms with Crippen molar-refractivity contribution in [2.45, 2.75) is 40.0 Å². The van der Waals surface area contributed by atoms with Crippen molar-refractivity contribution in [2.24, 2.45) is 5.41 Å². The third-order valence-corrected chi connectivity index (χ3v) is 7.07. The molecule has 0 aliphatic heterocycles. The summed E-state index contributed by atoms with van der Waals surface area (Å²) in [6.07, 6.45) is 1.13. The molecule has 0 amide bonds. The highest BCUT2D eigenvalue weighted by Gasteiger charge is 2.20. The quantitative estimate of drug-likeness (QED) is 0.322. The van der Waals surface area contributed by atoms with Crippen LogP contribution in [-0.4, -0.2) is 12.1 Å². The predicted molar refractivity (Wildman–Crippen MR) is 132 cm³/mol. The fraction of sp³-hybridized carbons (Fsp3) is 0.320. The van der Waals surface area contributed by atoms with Crippen LogP contribution in [-0.2, 0) is 0 Å². The molecule has 30 heavy (non-hydrogen) atoms. The summed E-state index contributed by atoms with van der Waals surface area (Å²) < 4.78 is 7.32. The van der Waals surface area contributed by atoms with Crippen molar-refractivity contribution in [2.75, 3.05) is 7.11 Å². The number of pyridine rings is 1. The van der Waals surface area contributed by atoms with Gasteiger partial charge in [-0.15, -0.1) is 11.3 Å². The highest BCUT2D eigenvalue weighted by Crippen LogP contribution is 2.43. The predicted octanol–water partition coefficient (Wildman–Crippen LogP) is 7.72. The fourth-order valence-corrected chi connectivity index (χ4v) is 5.63. The zero-order chi connectivity index (χ0) is 21.6. The molecular weight excluding hydrogens is 458 g/mol. The van der Waals surface area contributed by atoms with Crippen LogP contribution in [0.2, 0.25) is 0 Å². The van der Waals surface area contributed by atoms with E-state index in [1.807, 2.05) is 17.5 Å². The van der Waals surface area contributed by atoms with Gasteiger partial charge < -0.3 is 9.72 Å². The van der Waals surface area contributed by atoms with Crippen molar-refractivity contribution in [3.8, 4) is 16.9 Å². The third-order valence-electron chi connectivity index (χ3n) is 5.53. The van der Waals surface area contributed by atoms with Crippen LogP contribution in [0.25, 0.3) is 32.1 Å². The van der Waals surface area contributed by atoms with Crippen molar-refractivity contribution in [1.29, 1.82) is 0 Å². The van der Waals surface area contributed by atoms with E-state index >= 15 is 0 Å². The van der Waals surface area contributed by atoms with Crippen LogP contribution >= 0.6 is 27.3 Å². The van der Waals surface area contributed by atoms with E-state index in [0.29, 0.717) is 11.3 Å². The van der Waals surface area contributed by atoms with Gasteiger partial charge in [0.2, 0.25) is 0 Å². The SMILES string of the molecule is COc1cc(Br)c2[nH]c(=O)c3sccc3c2c1-c1ccc([C@@H](C)CC(C)(C)C)cc1. The molecule has 0 radical (unpaired) electrons. The van der Waals surface area contributed by atoms with Gasteiger partial charge in [-0.1, -0.05) is 52.0 Å². The molecule has 0 spiro atoms. The Bertz CT molecular complexity index is 1280. The van der Waals surface area contributed by atoms with Gasteiger partial charge in [0.05, 0.1) is 12.6 Å². The Morgan fingerprint density at radius 2 is 1.87 bits per heavy atom. The minimum absolute atomic E-state index is 0.0596. The van der Waals surface area contributed by atoms with E-state index < -0.39 is 0 Å². The lowest BCUT2D eigenvalue weighted by atomic mass is 9.82. The number of aromatic nitrogens is 1. The van der Waals surface area contributed by atoms with Crippen LogP contribution in [0.15, 0.2) is 51.0 Å². The number of aromatic amines is 1. The van der Waals surface area contributed by atoms with Crippen molar-refractivity contribution in [3.05, 3.63) is 62.2 Å². The number of methoxy groups -OCH3 is 1. The van der Waals surface area contributed by atoms with Gasteiger partial charge >= 0.3 is 0 Å². The zero-order valence-electron chi connectivity index (χ0n) is 17.9. The number of H-pyrrole nitrogens is 1. The molecule has 0 saturated heterocycles. The Labute approximate surface area is 189 Å². The molecule has 2 heterocycles. The molecule has 2 aromatic heterocycles. The first kappa shape index (κ1) is 21.1. The summed E-state index contributed by atoms with van der Waals surface area (Å²) in [5.74, 6) is 1.27. The lowest BCUT2D eigenvalue weighted by Gasteiger charge is -2.23. The number of ether oxygens (including phenoxy) is 1. The highest BCUT2D eigenvalue weighted by atomic mass is 79.9. The number of nitrogens with one attached hydrogen (secondary N) is 1. The standard InChI is InChI=1S/C25H26BrNO2S/c1-14(13-25(2,3)4)15-6-8-16(9-7-15)20-19(29-5)12-18(26)22-21(20)17-10-11-30-23(17)24(28)27-22/h6-12,14H,13H2,1-5H3,(H,27,28)/t14-/m0/s1. The second-order valence-corrected chi connectivity index (χ2v) is 10.9. The number of halogens is 1. The molecule has 2 aromatic carbocycles. The van der Waals surface area contributed by atoms with Crippen LogP contribution in [0.4, 0.5) is 0 Å². The summed E-state index contributed by atoms with van der Waals surface area (Å²) in [7, 11) is 1.69. The van der Waals surface area contributed by atoms with Gasteiger partial charge in [-0.05, 0) is 62.3 Å². The van der Waals surface area contributed by atoms with E-state index in [2.05, 4.69) is 72.9 Å². The lowest BCUT2D eigenvalue weighted by Crippen LogP contribution is -2.09. The van der Waals surface area contributed by atoms with E-state index in [9.17, 15) is 4.79 Å². The number of fused-ring (bicyclic) bond motifs is 3. The monoisotopic (exact) mass is 483 g/mol. The molecule has 3 nitrogen and oxygen atoms in total. The first-order valence-corrected chi connectivity index (χ1v) is 11.8. The fourth-order valence-electron chi connectivity index (χ4n) is 4.33. The summed E-state index contributed by atoms with van der Waals surface area (Å²) in [6.45, 7) is 9.13. The molecule has 156 valence electrons. The summed E-state index contributed by atoms with van der Waals surface area (Å²) in [5.41, 5.74) is 4.45. The van der Waals surface area contributed by atoms with Crippen LogP contribution in [0.1, 0.15) is 45.6 Å². The molecule has 0 unspecified atom stereocenters. The summed E-state index contributed by atoms with van der Waals surface area (Å²) in [5, 5.41) is 3.93. The van der Waals surface area contributed by atoms with Gasteiger partial charge in [-0.3, -0.25) is 4.79 Å². The van der Waals surface area contributed by atoms with Gasteiger partial charge in [-0.2, -0.15) is 0 Å². The Balaban J connectivity index is 1.93. The van der Waals surface area contributed by atoms with E-state index in [1.54, 1.807) is 7.11 Å². The Hall–Kier alpha value is -2.11. The molecular formula is C25H26BrNO2S. The molecule has 0 aliphatic carbocycles. The van der Waals surface area contributed by atoms with Gasteiger partial charge in [0, 0.05) is 20.8 Å². The molecule has 1 atom stereocenters. The molecule has 0 aliphatic rings. The second kappa shape index (κ2) is 7.86. The maximum atomic E-state index is 12.5. The number of rotatable bonds is 4. The average molecular weight is 484 g/mol. The Kier molecular flexibility index (Phi) is 5.54. The maximum absolute atomic E-state index is 12.5. The van der Waals surface area contributed by atoms with Crippen LogP contribution in [0.3, 0.4) is 0 Å². The first-order valence-electron chi connectivity index (χ1n) is 10.1. The zero-order valence-corrected chi connectivity index (χ0v) is 20.3. The van der Waals surface area contributed by atoms with Crippen molar-refractivity contribution in [3.63, 3.8) is 0 Å². The Morgan fingerprint density at radius 3 is 2.50 bits per heavy atom. The summed E-state index contributed by atoms with van der Waals surface area (Å²) >= 11 is 5.08. The first-order chi connectivity index (χ1) is 14.2. The number of thiophene rings is 1. The van der Waals surface area contributed by atoms with Crippen molar-refractivity contribution >= 4 is 48.3 Å². The largest absolute Gasteiger partial charge is 0.496 e. The molecule has 1 N–H and O–H groups in total. The number of benzene rings is 2. The average Bonchev–Trinajstić information content (AvgIpc) is 3.18. The summed E-state index contributed by atoms with van der Waals surface area (Å²) in [4.78, 5) is 15.6. The van der Waals surface area contributed by atoms with E-state index in [-0.39, 0.29) is 5.56 Å². The molecule has 4 rings (SSSR count). The van der Waals surface area contributed by atoms with Crippen molar-refractivity contribution < 1.29 is 4.74 Å². The molecule has 5 heteroatoms. The van der Waals surface area contributed by atoms with Crippen LogP contribution in [0, 0.1) is 5.41 Å². The van der Waals surface area contributed by atoms with Crippen LogP contribution < -0.4 is 10.3 Å².